The maximum atomic E-state index is 2.45. The Kier molecular flexibility index (Phi) is 8.18. The van der Waals surface area contributed by atoms with E-state index in [9.17, 15) is 0 Å². The van der Waals surface area contributed by atoms with Gasteiger partial charge in [-0.1, -0.05) is 146 Å². The summed E-state index contributed by atoms with van der Waals surface area (Å²) < 4.78 is 0.232. The zero-order valence-corrected chi connectivity index (χ0v) is 29.6. The maximum absolute atomic E-state index is 2.45. The number of anilines is 3. The van der Waals surface area contributed by atoms with E-state index >= 15 is 0 Å². The molecule has 9 rings (SSSR count). The van der Waals surface area contributed by atoms with Gasteiger partial charge in [-0.2, -0.15) is 0 Å². The highest BCUT2D eigenvalue weighted by atomic mass is 32.2. The van der Waals surface area contributed by atoms with E-state index in [1.54, 1.807) is 0 Å². The molecule has 1 heterocycles. The molecule has 51 heavy (non-hydrogen) atoms. The van der Waals surface area contributed by atoms with E-state index in [1.807, 2.05) is 0 Å². The van der Waals surface area contributed by atoms with Crippen LogP contribution in [0.5, 0.6) is 0 Å². The smallest absolute Gasteiger partial charge is 0.0473 e. The molecule has 7 aromatic rings. The van der Waals surface area contributed by atoms with Crippen molar-refractivity contribution in [1.29, 1.82) is 0 Å². The molecule has 1 aliphatic carbocycles. The summed E-state index contributed by atoms with van der Waals surface area (Å²) in [7, 11) is 0. The summed E-state index contributed by atoms with van der Waals surface area (Å²) in [6.45, 7) is 2.45. The van der Waals surface area contributed by atoms with Crippen LogP contribution in [0.15, 0.2) is 193 Å². The minimum atomic E-state index is 0.232. The summed E-state index contributed by atoms with van der Waals surface area (Å²) in [6, 6.07) is 64.1. The standard InChI is InChI=1S/C49H39NS/c1-49-31-12-11-22-47(49)46-21-13-20-45(48(46)51-49)39-25-29-43(30-26-39)50(42-27-23-38(24-28-42)35-14-5-2-6-15-35)44-33-40(36-16-7-3-8-17-36)32-41(34-44)37-18-9-4-10-19-37/h2-11,13-30,32-34,47H,12,31H2,1H3. The van der Waals surface area contributed by atoms with Gasteiger partial charge in [-0.3, -0.25) is 0 Å². The number of hydrogen-bond acceptors (Lipinski definition) is 2. The van der Waals surface area contributed by atoms with Crippen LogP contribution in [0.2, 0.25) is 0 Å². The van der Waals surface area contributed by atoms with Gasteiger partial charge in [0.2, 0.25) is 0 Å². The fourth-order valence-electron chi connectivity index (χ4n) is 7.89. The number of nitrogens with zero attached hydrogens (tertiary/aromatic N) is 1. The Morgan fingerprint density at radius 3 is 1.57 bits per heavy atom. The zero-order valence-electron chi connectivity index (χ0n) is 28.7. The molecule has 246 valence electrons. The quantitative estimate of drug-likeness (QED) is 0.155. The Morgan fingerprint density at radius 2 is 1.00 bits per heavy atom. The van der Waals surface area contributed by atoms with E-state index in [-0.39, 0.29) is 4.75 Å². The monoisotopic (exact) mass is 673 g/mol. The van der Waals surface area contributed by atoms with Crippen LogP contribution in [0, 0.1) is 0 Å². The lowest BCUT2D eigenvalue weighted by Crippen LogP contribution is -2.25. The van der Waals surface area contributed by atoms with Gasteiger partial charge < -0.3 is 4.90 Å². The van der Waals surface area contributed by atoms with Gasteiger partial charge in [0.15, 0.2) is 0 Å². The molecule has 0 fully saturated rings. The molecule has 1 nitrogen and oxygen atoms in total. The van der Waals surface area contributed by atoms with Crippen LogP contribution < -0.4 is 4.90 Å². The summed E-state index contributed by atoms with van der Waals surface area (Å²) in [4.78, 5) is 3.85. The second-order valence-corrected chi connectivity index (χ2v) is 15.4. The molecule has 0 aromatic heterocycles. The third kappa shape index (κ3) is 6.00. The minimum absolute atomic E-state index is 0.232. The van der Waals surface area contributed by atoms with Crippen molar-refractivity contribution in [3.63, 3.8) is 0 Å². The highest BCUT2D eigenvalue weighted by molar-refractivity contribution is 8.01. The highest BCUT2D eigenvalue weighted by Crippen LogP contribution is 2.59. The van der Waals surface area contributed by atoms with Gasteiger partial charge in [0.1, 0.15) is 0 Å². The van der Waals surface area contributed by atoms with Crippen molar-refractivity contribution < 1.29 is 0 Å². The van der Waals surface area contributed by atoms with Crippen LogP contribution in [-0.4, -0.2) is 4.75 Å². The third-order valence-corrected chi connectivity index (χ3v) is 12.2. The molecule has 0 saturated carbocycles. The van der Waals surface area contributed by atoms with E-state index in [1.165, 1.54) is 61.4 Å². The van der Waals surface area contributed by atoms with Crippen LogP contribution in [0.4, 0.5) is 17.1 Å². The lowest BCUT2D eigenvalue weighted by Gasteiger charge is -2.31. The fraction of sp³-hybridized carbons (Fsp3) is 0.102. The SMILES string of the molecule is CC12CCC=CC1c1cccc(-c3ccc(N(c4ccc(-c5ccccc5)cc4)c4cc(-c5ccccc5)cc(-c5ccccc5)c4)cc3)c1S2. The van der Waals surface area contributed by atoms with Crippen LogP contribution in [0.1, 0.15) is 31.2 Å². The average Bonchev–Trinajstić information content (AvgIpc) is 3.52. The highest BCUT2D eigenvalue weighted by Gasteiger charge is 2.43. The first-order valence-corrected chi connectivity index (χ1v) is 18.8. The first-order chi connectivity index (χ1) is 25.1. The van der Waals surface area contributed by atoms with Crippen LogP contribution >= 0.6 is 11.8 Å². The molecule has 1 aliphatic heterocycles. The predicted molar refractivity (Wildman–Crippen MR) is 218 cm³/mol. The van der Waals surface area contributed by atoms with E-state index in [0.29, 0.717) is 5.92 Å². The Hall–Kier alpha value is -5.57. The van der Waals surface area contributed by atoms with Gasteiger partial charge in [-0.25, -0.2) is 0 Å². The molecule has 2 atom stereocenters. The number of fused-ring (bicyclic) bond motifs is 3. The first-order valence-electron chi connectivity index (χ1n) is 17.9. The lowest BCUT2D eigenvalue weighted by atomic mass is 9.80. The maximum Gasteiger partial charge on any atom is 0.0473 e. The molecular formula is C49H39NS. The number of allylic oxidation sites excluding steroid dienone is 2. The molecule has 0 amide bonds. The summed E-state index contributed by atoms with van der Waals surface area (Å²) in [5, 5.41) is 0. The van der Waals surface area contributed by atoms with Gasteiger partial charge in [0, 0.05) is 32.6 Å². The van der Waals surface area contributed by atoms with Crippen molar-refractivity contribution in [3.8, 4) is 44.5 Å². The fourth-order valence-corrected chi connectivity index (χ4v) is 9.52. The van der Waals surface area contributed by atoms with Crippen molar-refractivity contribution >= 4 is 28.8 Å². The minimum Gasteiger partial charge on any atom is -0.310 e. The molecule has 0 bridgehead atoms. The van der Waals surface area contributed by atoms with E-state index in [0.717, 1.165) is 23.5 Å². The average molecular weight is 674 g/mol. The van der Waals surface area contributed by atoms with Gasteiger partial charge in [-0.05, 0) is 112 Å². The molecule has 0 radical (unpaired) electrons. The number of rotatable bonds is 7. The van der Waals surface area contributed by atoms with E-state index in [2.05, 4.69) is 212 Å². The molecule has 7 aromatic carbocycles. The number of thioether (sulfide) groups is 1. The van der Waals surface area contributed by atoms with E-state index < -0.39 is 0 Å². The van der Waals surface area contributed by atoms with Crippen molar-refractivity contribution in [3.05, 3.63) is 194 Å². The van der Waals surface area contributed by atoms with Crippen LogP contribution in [0.25, 0.3) is 44.5 Å². The second-order valence-electron chi connectivity index (χ2n) is 13.9. The molecule has 2 heteroatoms. The Labute approximate surface area is 306 Å². The van der Waals surface area contributed by atoms with Crippen LogP contribution in [-0.2, 0) is 0 Å². The number of benzene rings is 7. The first kappa shape index (κ1) is 31.4. The summed E-state index contributed by atoms with van der Waals surface area (Å²) in [6.07, 6.45) is 7.21. The van der Waals surface area contributed by atoms with Gasteiger partial charge >= 0.3 is 0 Å². The molecule has 0 N–H and O–H groups in total. The van der Waals surface area contributed by atoms with Gasteiger partial charge in [-0.15, -0.1) is 11.8 Å². The topological polar surface area (TPSA) is 3.24 Å². The van der Waals surface area contributed by atoms with Gasteiger partial charge in [0.25, 0.3) is 0 Å². The zero-order chi connectivity index (χ0) is 34.2. The normalized spacial score (nSPS) is 17.5. The molecule has 2 aliphatic rings. The molecule has 0 saturated heterocycles. The lowest BCUT2D eigenvalue weighted by molar-refractivity contribution is 0.529. The second kappa shape index (κ2) is 13.3. The van der Waals surface area contributed by atoms with Crippen molar-refractivity contribution in [2.75, 3.05) is 4.90 Å². The number of hydrogen-bond donors (Lipinski definition) is 0. The summed E-state index contributed by atoms with van der Waals surface area (Å²) >= 11 is 2.08. The Morgan fingerprint density at radius 1 is 0.490 bits per heavy atom. The van der Waals surface area contributed by atoms with E-state index in [4.69, 9.17) is 0 Å². The molecular weight excluding hydrogens is 635 g/mol. The van der Waals surface area contributed by atoms with Crippen molar-refractivity contribution in [2.45, 2.75) is 35.3 Å². The summed E-state index contributed by atoms with van der Waals surface area (Å²) in [5.74, 6) is 0.482. The largest absolute Gasteiger partial charge is 0.310 e. The van der Waals surface area contributed by atoms with Crippen LogP contribution in [0.3, 0.4) is 0 Å². The molecule has 0 spiro atoms. The Balaban J connectivity index is 1.17. The summed E-state index contributed by atoms with van der Waals surface area (Å²) in [5.41, 5.74) is 14.6. The third-order valence-electron chi connectivity index (χ3n) is 10.6. The van der Waals surface area contributed by atoms with Crippen molar-refractivity contribution in [1.82, 2.24) is 0 Å². The van der Waals surface area contributed by atoms with Gasteiger partial charge in [0.05, 0.1) is 0 Å². The molecule has 2 unspecified atom stereocenters. The predicted octanol–water partition coefficient (Wildman–Crippen LogP) is 14.1. The van der Waals surface area contributed by atoms with Crippen molar-refractivity contribution in [2.24, 2.45) is 0 Å². The Bertz CT molecular complexity index is 2270.